The van der Waals surface area contributed by atoms with E-state index in [1.807, 2.05) is 6.07 Å². The van der Waals surface area contributed by atoms with Crippen molar-refractivity contribution in [1.29, 1.82) is 5.26 Å². The Morgan fingerprint density at radius 1 is 1.26 bits per heavy atom. The number of amides is 1. The first kappa shape index (κ1) is 21.4. The van der Waals surface area contributed by atoms with Crippen molar-refractivity contribution in [1.82, 2.24) is 15.3 Å². The molecular formula is C21H22N8O2. The van der Waals surface area contributed by atoms with E-state index in [0.717, 1.165) is 5.56 Å². The predicted molar refractivity (Wildman–Crippen MR) is 118 cm³/mol. The number of nitrogens with one attached hydrogen (secondary N) is 2. The summed E-state index contributed by atoms with van der Waals surface area (Å²) in [6, 6.07) is 16.3. The molecule has 0 aliphatic heterocycles. The van der Waals surface area contributed by atoms with Crippen LogP contribution in [0.15, 0.2) is 54.7 Å². The highest BCUT2D eigenvalue weighted by Gasteiger charge is 2.13. The number of rotatable bonds is 7. The normalized spacial score (nSPS) is 10.1. The minimum absolute atomic E-state index is 0.273. The van der Waals surface area contributed by atoms with Gasteiger partial charge in [0.25, 0.3) is 0 Å². The van der Waals surface area contributed by atoms with Gasteiger partial charge in [0.2, 0.25) is 5.95 Å². The summed E-state index contributed by atoms with van der Waals surface area (Å²) in [6.45, 7) is 2.32. The Kier molecular flexibility index (Phi) is 6.82. The summed E-state index contributed by atoms with van der Waals surface area (Å²) in [5.74, 6) is 6.85. The van der Waals surface area contributed by atoms with Gasteiger partial charge < -0.3 is 21.1 Å². The lowest BCUT2D eigenvalue weighted by Crippen LogP contribution is -2.28. The van der Waals surface area contributed by atoms with Crippen LogP contribution in [0.3, 0.4) is 0 Å². The van der Waals surface area contributed by atoms with Gasteiger partial charge in [-0.3, -0.25) is 5.01 Å². The molecule has 0 fully saturated rings. The first-order chi connectivity index (χ1) is 15.0. The Labute approximate surface area is 179 Å². The minimum atomic E-state index is -0.492. The summed E-state index contributed by atoms with van der Waals surface area (Å²) in [5.41, 5.74) is 8.93. The third-order valence-electron chi connectivity index (χ3n) is 4.17. The Bertz CT molecular complexity index is 1110. The number of nitriles is 1. The molecule has 1 heterocycles. The molecule has 10 heteroatoms. The molecule has 10 nitrogen and oxygen atoms in total. The van der Waals surface area contributed by atoms with E-state index in [1.54, 1.807) is 49.4 Å². The number of hydrogen-bond donors (Lipinski definition) is 4. The summed E-state index contributed by atoms with van der Waals surface area (Å²) in [5, 5.41) is 16.1. The van der Waals surface area contributed by atoms with Crippen molar-refractivity contribution in [3.05, 3.63) is 65.9 Å². The zero-order valence-electron chi connectivity index (χ0n) is 16.9. The smallest absolute Gasteiger partial charge is 0.407 e. The van der Waals surface area contributed by atoms with Gasteiger partial charge >= 0.3 is 6.09 Å². The number of aromatic nitrogens is 2. The predicted octanol–water partition coefficient (Wildman–Crippen LogP) is 2.93. The maximum Gasteiger partial charge on any atom is 0.407 e. The zero-order chi connectivity index (χ0) is 22.2. The number of anilines is 5. The molecule has 31 heavy (non-hydrogen) atoms. The van der Waals surface area contributed by atoms with Gasteiger partial charge in [0.15, 0.2) is 5.82 Å². The number of hydrogen-bond acceptors (Lipinski definition) is 9. The van der Waals surface area contributed by atoms with Crippen LogP contribution in [0.4, 0.5) is 33.6 Å². The first-order valence-electron chi connectivity index (χ1n) is 9.44. The molecule has 0 unspecified atom stereocenters. The van der Waals surface area contributed by atoms with Crippen molar-refractivity contribution < 1.29 is 9.53 Å². The number of nitrogens with two attached hydrogens (primary N) is 2. The van der Waals surface area contributed by atoms with E-state index < -0.39 is 6.09 Å². The van der Waals surface area contributed by atoms with Crippen LogP contribution in [-0.4, -0.2) is 22.7 Å². The van der Waals surface area contributed by atoms with Crippen LogP contribution in [0, 0.1) is 11.3 Å². The molecule has 0 radical (unpaired) electrons. The minimum Gasteiger partial charge on any atom is -0.450 e. The largest absolute Gasteiger partial charge is 0.450 e. The number of nitrogen functional groups attached to an aromatic ring is 1. The summed E-state index contributed by atoms with van der Waals surface area (Å²) in [4.78, 5) is 20.1. The Morgan fingerprint density at radius 3 is 2.84 bits per heavy atom. The molecule has 0 atom stereocenters. The second kappa shape index (κ2) is 9.91. The van der Waals surface area contributed by atoms with Crippen molar-refractivity contribution in [2.45, 2.75) is 13.5 Å². The van der Waals surface area contributed by atoms with Gasteiger partial charge in [-0.05, 0) is 42.8 Å². The first-order valence-corrected chi connectivity index (χ1v) is 9.44. The average molecular weight is 418 g/mol. The van der Waals surface area contributed by atoms with Crippen LogP contribution in [0.2, 0.25) is 0 Å². The van der Waals surface area contributed by atoms with E-state index in [9.17, 15) is 4.79 Å². The fraction of sp³-hybridized carbons (Fsp3) is 0.143. The number of hydrazine groups is 1. The summed E-state index contributed by atoms with van der Waals surface area (Å²) < 4.78 is 4.86. The molecule has 2 aromatic carbocycles. The summed E-state index contributed by atoms with van der Waals surface area (Å²) in [7, 11) is 0. The number of carbonyl (C=O) groups is 1. The van der Waals surface area contributed by atoms with Gasteiger partial charge in [0, 0.05) is 12.2 Å². The van der Waals surface area contributed by atoms with Crippen LogP contribution >= 0.6 is 0 Å². The molecule has 0 saturated heterocycles. The number of alkyl carbamates (subject to hydrolysis) is 1. The number of nitrogens with zero attached hydrogens (tertiary/aromatic N) is 4. The van der Waals surface area contributed by atoms with Gasteiger partial charge in [-0.15, -0.1) is 0 Å². The third kappa shape index (κ3) is 5.59. The fourth-order valence-corrected chi connectivity index (χ4v) is 2.73. The van der Waals surface area contributed by atoms with Crippen LogP contribution in [-0.2, 0) is 11.3 Å². The molecule has 0 aliphatic rings. The number of carbonyl (C=O) groups excluding carboxylic acids is 1. The molecule has 6 N–H and O–H groups in total. The molecule has 158 valence electrons. The lowest BCUT2D eigenvalue weighted by atomic mass is 10.2. The van der Waals surface area contributed by atoms with Crippen LogP contribution in [0.5, 0.6) is 0 Å². The van der Waals surface area contributed by atoms with Crippen LogP contribution in [0.25, 0.3) is 0 Å². The van der Waals surface area contributed by atoms with E-state index in [0.29, 0.717) is 29.4 Å². The summed E-state index contributed by atoms with van der Waals surface area (Å²) in [6.07, 6.45) is 0.957. The molecule has 3 rings (SSSR count). The molecule has 1 amide bonds. The molecular weight excluding hydrogens is 396 g/mol. The highest BCUT2D eigenvalue weighted by molar-refractivity contribution is 5.72. The Morgan fingerprint density at radius 2 is 2.06 bits per heavy atom. The molecule has 0 aliphatic carbocycles. The van der Waals surface area contributed by atoms with E-state index in [4.69, 9.17) is 21.6 Å². The van der Waals surface area contributed by atoms with Crippen molar-refractivity contribution in [3.8, 4) is 6.07 Å². The topological polar surface area (TPSA) is 155 Å². The van der Waals surface area contributed by atoms with Crippen molar-refractivity contribution in [2.75, 3.05) is 22.7 Å². The third-order valence-corrected chi connectivity index (χ3v) is 4.17. The lowest BCUT2D eigenvalue weighted by molar-refractivity contribution is 0.151. The van der Waals surface area contributed by atoms with E-state index in [-0.39, 0.29) is 18.2 Å². The van der Waals surface area contributed by atoms with Crippen molar-refractivity contribution in [2.24, 2.45) is 5.84 Å². The zero-order valence-corrected chi connectivity index (χ0v) is 16.9. The average Bonchev–Trinajstić information content (AvgIpc) is 2.79. The quantitative estimate of drug-likeness (QED) is 0.335. The van der Waals surface area contributed by atoms with Crippen LogP contribution < -0.4 is 27.2 Å². The Balaban J connectivity index is 1.79. The van der Waals surface area contributed by atoms with Gasteiger partial charge in [0.05, 0.1) is 35.8 Å². The van der Waals surface area contributed by atoms with Gasteiger partial charge in [0.1, 0.15) is 0 Å². The second-order valence-corrected chi connectivity index (χ2v) is 6.40. The maximum absolute atomic E-state index is 11.5. The molecule has 0 spiro atoms. The van der Waals surface area contributed by atoms with Gasteiger partial charge in [-0.2, -0.15) is 10.2 Å². The number of ether oxygens (including phenoxy) is 1. The molecule has 3 aromatic rings. The summed E-state index contributed by atoms with van der Waals surface area (Å²) >= 11 is 0. The number of benzene rings is 2. The van der Waals surface area contributed by atoms with E-state index in [1.165, 1.54) is 11.2 Å². The molecule has 0 saturated carbocycles. The van der Waals surface area contributed by atoms with E-state index >= 15 is 0 Å². The monoisotopic (exact) mass is 418 g/mol. The van der Waals surface area contributed by atoms with Gasteiger partial charge in [-0.25, -0.2) is 15.6 Å². The van der Waals surface area contributed by atoms with E-state index in [2.05, 4.69) is 26.7 Å². The lowest BCUT2D eigenvalue weighted by Gasteiger charge is -2.20. The van der Waals surface area contributed by atoms with Gasteiger partial charge in [-0.1, -0.05) is 18.2 Å². The molecule has 1 aromatic heterocycles. The highest BCUT2D eigenvalue weighted by Crippen LogP contribution is 2.27. The van der Waals surface area contributed by atoms with Crippen molar-refractivity contribution >= 4 is 34.9 Å². The fourth-order valence-electron chi connectivity index (χ4n) is 2.73. The Hall–Kier alpha value is -4.36. The maximum atomic E-state index is 11.5. The highest BCUT2D eigenvalue weighted by atomic mass is 16.5. The van der Waals surface area contributed by atoms with Crippen LogP contribution in [0.1, 0.15) is 18.1 Å². The van der Waals surface area contributed by atoms with Crippen molar-refractivity contribution in [3.63, 3.8) is 0 Å². The second-order valence-electron chi connectivity index (χ2n) is 6.40. The standard InChI is InChI=1S/C21H22N8O2/c1-2-31-21(30)26-12-15-6-4-8-17(10-15)29(24)19-18(23)13-25-20(28-19)27-16-7-3-5-14(9-16)11-22/h3-10,13H,2,12,23-24H2,1H3,(H,26,30)(H,25,27,28). The molecule has 0 bridgehead atoms. The SMILES string of the molecule is CCOC(=O)NCc1cccc(N(N)c2nc(Nc3cccc(C#N)c3)ncc2N)c1.